The number of carbonyl (C=O) groups is 4. The summed E-state index contributed by atoms with van der Waals surface area (Å²) in [7, 11) is 5.44. The lowest BCUT2D eigenvalue weighted by atomic mass is 9.57. The second-order valence-corrected chi connectivity index (χ2v) is 14.6. The zero-order valence-electron chi connectivity index (χ0n) is 30.5. The number of imide groups is 2. The fraction of sp³-hybridized carbons (Fsp3) is 0.333. The van der Waals surface area contributed by atoms with Crippen LogP contribution in [0.1, 0.15) is 24.3 Å². The largest absolute Gasteiger partial charge is 0.508 e. The lowest BCUT2D eigenvalue weighted by Crippen LogP contribution is -2.43. The van der Waals surface area contributed by atoms with Crippen molar-refractivity contribution in [3.05, 3.63) is 106 Å². The fourth-order valence-corrected chi connectivity index (χ4v) is 9.10. The molecule has 0 bridgehead atoms. The molecule has 3 aromatic carbocycles. The highest BCUT2D eigenvalue weighted by Crippen LogP contribution is 2.59. The minimum atomic E-state index is -1.23. The van der Waals surface area contributed by atoms with Gasteiger partial charge in [0.2, 0.25) is 23.6 Å². The van der Waals surface area contributed by atoms with E-state index in [1.54, 1.807) is 12.1 Å². The molecule has 57 heavy (non-hydrogen) atoms. The number of phenols is 1. The van der Waals surface area contributed by atoms with Crippen LogP contribution in [0, 0.1) is 70.0 Å². The van der Waals surface area contributed by atoms with Crippen LogP contribution in [-0.2, 0) is 19.2 Å². The topological polar surface area (TPSA) is 274 Å². The molecule has 4 aliphatic rings. The van der Waals surface area contributed by atoms with Crippen LogP contribution in [0.2, 0.25) is 0 Å². The van der Waals surface area contributed by atoms with Gasteiger partial charge in [-0.15, -0.1) is 0 Å². The number of phenolic OH excluding ortho intramolecular Hbond substituents is 1. The number of carbonyl (C=O) groups excluding carboxylic acids is 4. The van der Waals surface area contributed by atoms with Crippen LogP contribution in [0.4, 0.5) is 45.5 Å². The fourth-order valence-electron chi connectivity index (χ4n) is 9.10. The van der Waals surface area contributed by atoms with Crippen molar-refractivity contribution in [3.63, 3.8) is 0 Å². The standard InChI is InChI=1S/C36H32N8O13/c1-37(2)31-24(41(50)51)11-17(12-25(31)42(52)53)39-33(46)21-9-8-20-22(29(21)35(39)48)15-23-30(28(20)16-6-5-7-19(45)10-16)36(49)40(34(23)47)18-13-26(43(54)55)32(38(3)4)27(14-18)44(56)57/h5-8,10-14,21-23,28-30,45H,9,15H2,1-4H3/t21-,22+,23+,28-,29-,30+/m0/s1. The van der Waals surface area contributed by atoms with Gasteiger partial charge in [0.25, 0.3) is 0 Å². The summed E-state index contributed by atoms with van der Waals surface area (Å²) in [4.78, 5) is 106. The van der Waals surface area contributed by atoms with Crippen molar-refractivity contribution in [3.8, 4) is 5.75 Å². The average molecular weight is 785 g/mol. The molecule has 21 nitrogen and oxygen atoms in total. The zero-order valence-corrected chi connectivity index (χ0v) is 30.5. The Kier molecular flexibility index (Phi) is 8.97. The molecule has 1 saturated carbocycles. The average Bonchev–Trinajstić information content (AvgIpc) is 3.55. The number of anilines is 4. The van der Waals surface area contributed by atoms with Gasteiger partial charge in [0, 0.05) is 58.4 Å². The number of nitro groups is 4. The molecule has 2 aliphatic carbocycles. The number of hydrogen-bond acceptors (Lipinski definition) is 15. The van der Waals surface area contributed by atoms with Crippen molar-refractivity contribution in [2.45, 2.75) is 18.8 Å². The van der Waals surface area contributed by atoms with Crippen LogP contribution in [0.25, 0.3) is 0 Å². The maximum absolute atomic E-state index is 14.5. The lowest BCUT2D eigenvalue weighted by Gasteiger charge is -2.44. The number of benzene rings is 3. The minimum absolute atomic E-state index is 0.0551. The first-order valence-electron chi connectivity index (χ1n) is 17.4. The van der Waals surface area contributed by atoms with E-state index in [1.165, 1.54) is 51.3 Å². The Morgan fingerprint density at radius 1 is 0.614 bits per heavy atom. The van der Waals surface area contributed by atoms with Crippen LogP contribution in [0.3, 0.4) is 0 Å². The van der Waals surface area contributed by atoms with Gasteiger partial charge in [-0.05, 0) is 36.5 Å². The van der Waals surface area contributed by atoms with E-state index in [1.807, 2.05) is 0 Å². The molecule has 2 heterocycles. The van der Waals surface area contributed by atoms with Crippen molar-refractivity contribution in [1.29, 1.82) is 0 Å². The van der Waals surface area contributed by atoms with Crippen LogP contribution in [-0.4, -0.2) is 76.6 Å². The molecule has 1 N–H and O–H groups in total. The molecular weight excluding hydrogens is 752 g/mol. The van der Waals surface area contributed by atoms with Gasteiger partial charge in [0.1, 0.15) is 5.75 Å². The molecule has 3 fully saturated rings. The van der Waals surface area contributed by atoms with Crippen molar-refractivity contribution >= 4 is 69.1 Å². The van der Waals surface area contributed by atoms with Gasteiger partial charge in [-0.3, -0.25) is 59.6 Å². The Hall–Kier alpha value is -7.32. The molecule has 294 valence electrons. The molecule has 21 heteroatoms. The Labute approximate surface area is 320 Å². The van der Waals surface area contributed by atoms with Crippen LogP contribution in [0.15, 0.2) is 60.2 Å². The molecule has 0 spiro atoms. The van der Waals surface area contributed by atoms with Gasteiger partial charge >= 0.3 is 22.7 Å². The van der Waals surface area contributed by atoms with E-state index in [4.69, 9.17) is 0 Å². The summed E-state index contributed by atoms with van der Waals surface area (Å²) in [6.07, 6.45) is 1.43. The molecule has 0 unspecified atom stereocenters. The number of nitro benzene ring substituents is 4. The van der Waals surface area contributed by atoms with Gasteiger partial charge in [0.15, 0.2) is 11.4 Å². The number of aromatic hydroxyl groups is 1. The summed E-state index contributed by atoms with van der Waals surface area (Å²) in [5.41, 5.74) is -3.63. The predicted octanol–water partition coefficient (Wildman–Crippen LogP) is 4.20. The summed E-state index contributed by atoms with van der Waals surface area (Å²) in [6.45, 7) is 0. The third-order valence-corrected chi connectivity index (χ3v) is 11.2. The van der Waals surface area contributed by atoms with Gasteiger partial charge in [-0.25, -0.2) is 9.80 Å². The van der Waals surface area contributed by atoms with Crippen molar-refractivity contribution < 1.29 is 44.0 Å². The van der Waals surface area contributed by atoms with Crippen LogP contribution >= 0.6 is 0 Å². The Morgan fingerprint density at radius 2 is 1.05 bits per heavy atom. The van der Waals surface area contributed by atoms with Crippen molar-refractivity contribution in [2.24, 2.45) is 29.6 Å². The van der Waals surface area contributed by atoms with E-state index in [2.05, 4.69) is 0 Å². The highest BCUT2D eigenvalue weighted by molar-refractivity contribution is 6.24. The number of rotatable bonds is 9. The molecule has 4 amide bonds. The van der Waals surface area contributed by atoms with E-state index in [-0.39, 0.29) is 30.0 Å². The van der Waals surface area contributed by atoms with Crippen LogP contribution < -0.4 is 19.6 Å². The molecular formula is C36H32N8O13. The van der Waals surface area contributed by atoms with Crippen molar-refractivity contribution in [2.75, 3.05) is 47.8 Å². The van der Waals surface area contributed by atoms with E-state index in [0.717, 1.165) is 29.2 Å². The third kappa shape index (κ3) is 5.76. The maximum Gasteiger partial charge on any atom is 0.301 e. The number of allylic oxidation sites excluding steroid dienone is 2. The molecule has 7 rings (SSSR count). The third-order valence-electron chi connectivity index (χ3n) is 11.2. The first-order chi connectivity index (χ1) is 26.8. The van der Waals surface area contributed by atoms with E-state index in [0.29, 0.717) is 20.9 Å². The molecule has 0 radical (unpaired) electrons. The molecule has 0 aromatic heterocycles. The molecule has 6 atom stereocenters. The number of fused-ring (bicyclic) bond motifs is 4. The Bertz CT molecular complexity index is 2340. The first kappa shape index (κ1) is 38.0. The second-order valence-electron chi connectivity index (χ2n) is 14.6. The number of hydrogen-bond donors (Lipinski definition) is 1. The van der Waals surface area contributed by atoms with Gasteiger partial charge < -0.3 is 14.9 Å². The highest BCUT2D eigenvalue weighted by Gasteiger charge is 2.62. The zero-order chi connectivity index (χ0) is 41.5. The second kappa shape index (κ2) is 13.5. The summed E-state index contributed by atoms with van der Waals surface area (Å²) in [5, 5.41) is 59.1. The highest BCUT2D eigenvalue weighted by atomic mass is 16.6. The SMILES string of the molecule is CN(C)c1c([N+](=O)[O-])cc(N2C(=O)[C@H]3[C@H](CC=C4[C@H]3C[C@H]3C(=O)N(c5cc([N+](=O)[O-])c(N(C)C)c([N+](=O)[O-])c5)C(=O)[C@H]3[C@H]4c3cccc(O)c3)C2=O)cc1[N+](=O)[O-]. The van der Waals surface area contributed by atoms with Gasteiger partial charge in [0.05, 0.1) is 54.7 Å². The van der Waals surface area contributed by atoms with E-state index >= 15 is 0 Å². The number of amides is 4. The van der Waals surface area contributed by atoms with Crippen LogP contribution in [0.5, 0.6) is 5.75 Å². The quantitative estimate of drug-likeness (QED) is 0.138. The predicted molar refractivity (Wildman–Crippen MR) is 199 cm³/mol. The normalized spacial score (nSPS) is 23.8. The molecule has 2 saturated heterocycles. The monoisotopic (exact) mass is 784 g/mol. The Morgan fingerprint density at radius 3 is 1.47 bits per heavy atom. The van der Waals surface area contributed by atoms with E-state index < -0.39 is 113 Å². The summed E-state index contributed by atoms with van der Waals surface area (Å²) in [5.74, 6) is -10.1. The van der Waals surface area contributed by atoms with Gasteiger partial charge in [-0.1, -0.05) is 23.8 Å². The smallest absolute Gasteiger partial charge is 0.301 e. The first-order valence-corrected chi connectivity index (χ1v) is 17.4. The van der Waals surface area contributed by atoms with E-state index in [9.17, 15) is 64.7 Å². The number of nitrogens with zero attached hydrogens (tertiary/aromatic N) is 8. The van der Waals surface area contributed by atoms with Gasteiger partial charge in [-0.2, -0.15) is 0 Å². The summed E-state index contributed by atoms with van der Waals surface area (Å²) < 4.78 is 0. The lowest BCUT2D eigenvalue weighted by molar-refractivity contribution is -0.392. The maximum atomic E-state index is 14.5. The summed E-state index contributed by atoms with van der Waals surface area (Å²) >= 11 is 0. The minimum Gasteiger partial charge on any atom is -0.508 e. The molecule has 3 aromatic rings. The molecule has 2 aliphatic heterocycles. The Balaban J connectivity index is 1.35. The summed E-state index contributed by atoms with van der Waals surface area (Å²) in [6, 6.07) is 9.47. The van der Waals surface area contributed by atoms with Crippen molar-refractivity contribution in [1.82, 2.24) is 0 Å².